The first-order valence-corrected chi connectivity index (χ1v) is 7.49. The summed E-state index contributed by atoms with van der Waals surface area (Å²) in [4.78, 5) is 0. The molecule has 0 bridgehead atoms. The van der Waals surface area contributed by atoms with E-state index in [0.29, 0.717) is 11.1 Å². The van der Waals surface area contributed by atoms with Crippen LogP contribution in [0.5, 0.6) is 0 Å². The molecule has 0 aliphatic rings. The molecule has 0 spiro atoms. The molecule has 3 rings (SSSR count). The Morgan fingerprint density at radius 2 is 0.960 bits per heavy atom. The summed E-state index contributed by atoms with van der Waals surface area (Å²) in [6.07, 6.45) is 0. The minimum absolute atomic E-state index is 0.0746. The molecule has 128 valence electrons. The summed E-state index contributed by atoms with van der Waals surface area (Å²) < 4.78 is 70.7. The van der Waals surface area contributed by atoms with Crippen LogP contribution in [-0.4, -0.2) is 0 Å². The lowest BCUT2D eigenvalue weighted by Crippen LogP contribution is -1.99. The van der Waals surface area contributed by atoms with Crippen LogP contribution in [0.3, 0.4) is 0 Å². The van der Waals surface area contributed by atoms with Gasteiger partial charge in [-0.2, -0.15) is 0 Å². The fourth-order valence-electron chi connectivity index (χ4n) is 2.69. The SMILES string of the molecule is Cc1cc(F)c(-c2c(F)cc(-c3ccc(C)c(F)c3)cc2F)c(F)c1. The molecule has 0 aliphatic carbocycles. The first kappa shape index (κ1) is 17.1. The van der Waals surface area contributed by atoms with Crippen LogP contribution in [0, 0.1) is 42.9 Å². The molecule has 3 aromatic rings. The topological polar surface area (TPSA) is 0 Å². The zero-order valence-corrected chi connectivity index (χ0v) is 13.4. The van der Waals surface area contributed by atoms with Gasteiger partial charge in [-0.05, 0) is 66.4 Å². The molecule has 0 radical (unpaired) electrons. The number of rotatable bonds is 2. The fraction of sp³-hybridized carbons (Fsp3) is 0.100. The van der Waals surface area contributed by atoms with E-state index in [1.54, 1.807) is 6.92 Å². The quantitative estimate of drug-likeness (QED) is 0.475. The monoisotopic (exact) mass is 348 g/mol. The van der Waals surface area contributed by atoms with Crippen LogP contribution in [-0.2, 0) is 0 Å². The Bertz CT molecular complexity index is 930. The summed E-state index contributed by atoms with van der Waals surface area (Å²) >= 11 is 0. The second-order valence-corrected chi connectivity index (χ2v) is 5.88. The largest absolute Gasteiger partial charge is 0.207 e. The molecule has 3 aromatic carbocycles. The maximum atomic E-state index is 14.5. The first-order chi connectivity index (χ1) is 11.8. The van der Waals surface area contributed by atoms with Gasteiger partial charge in [-0.3, -0.25) is 0 Å². The first-order valence-electron chi connectivity index (χ1n) is 7.49. The highest BCUT2D eigenvalue weighted by Gasteiger charge is 2.21. The molecule has 25 heavy (non-hydrogen) atoms. The Morgan fingerprint density at radius 3 is 1.44 bits per heavy atom. The van der Waals surface area contributed by atoms with E-state index in [1.165, 1.54) is 19.1 Å². The van der Waals surface area contributed by atoms with Crippen molar-refractivity contribution in [3.05, 3.63) is 82.7 Å². The van der Waals surface area contributed by atoms with Crippen LogP contribution in [0.2, 0.25) is 0 Å². The molecule has 0 aliphatic heterocycles. The van der Waals surface area contributed by atoms with Crippen LogP contribution < -0.4 is 0 Å². The lowest BCUT2D eigenvalue weighted by atomic mass is 9.97. The van der Waals surface area contributed by atoms with Crippen LogP contribution in [0.4, 0.5) is 22.0 Å². The van der Waals surface area contributed by atoms with Crippen LogP contribution in [0.15, 0.2) is 42.5 Å². The van der Waals surface area contributed by atoms with Gasteiger partial charge in [0.25, 0.3) is 0 Å². The van der Waals surface area contributed by atoms with E-state index in [-0.39, 0.29) is 11.1 Å². The number of hydrogen-bond donors (Lipinski definition) is 0. The van der Waals surface area contributed by atoms with E-state index >= 15 is 0 Å². The minimum Gasteiger partial charge on any atom is -0.207 e. The van der Waals surface area contributed by atoms with Crippen LogP contribution in [0.1, 0.15) is 11.1 Å². The summed E-state index contributed by atoms with van der Waals surface area (Å²) in [7, 11) is 0. The Morgan fingerprint density at radius 1 is 0.520 bits per heavy atom. The van der Waals surface area contributed by atoms with Crippen LogP contribution in [0.25, 0.3) is 22.3 Å². The molecule has 0 heterocycles. The predicted octanol–water partition coefficient (Wildman–Crippen LogP) is 6.33. The Kier molecular flexibility index (Phi) is 4.33. The predicted molar refractivity (Wildman–Crippen MR) is 86.6 cm³/mol. The second kappa shape index (κ2) is 6.31. The zero-order valence-electron chi connectivity index (χ0n) is 13.4. The van der Waals surface area contributed by atoms with Crippen molar-refractivity contribution >= 4 is 0 Å². The average Bonchev–Trinajstić information content (AvgIpc) is 2.51. The normalized spacial score (nSPS) is 11.0. The van der Waals surface area contributed by atoms with Gasteiger partial charge in [0.05, 0.1) is 11.1 Å². The van der Waals surface area contributed by atoms with Gasteiger partial charge < -0.3 is 0 Å². The highest BCUT2D eigenvalue weighted by atomic mass is 19.1. The molecular weight excluding hydrogens is 335 g/mol. The third-order valence-electron chi connectivity index (χ3n) is 3.98. The lowest BCUT2D eigenvalue weighted by Gasteiger charge is -2.11. The molecule has 0 saturated heterocycles. The summed E-state index contributed by atoms with van der Waals surface area (Å²) in [6, 6.07) is 8.01. The Labute approximate surface area is 141 Å². The standard InChI is InChI=1S/C20H13F5/c1-10-5-15(22)19(16(23)6-10)20-17(24)8-13(9-18(20)25)12-4-3-11(2)14(21)7-12/h3-9H,1-2H3. The van der Waals surface area contributed by atoms with E-state index in [1.807, 2.05) is 0 Å². The molecule has 0 aromatic heterocycles. The molecule has 5 heteroatoms. The van der Waals surface area contributed by atoms with Crippen molar-refractivity contribution in [3.8, 4) is 22.3 Å². The Hall–Kier alpha value is -2.69. The Balaban J connectivity index is 2.18. The molecule has 0 fully saturated rings. The van der Waals surface area contributed by atoms with Gasteiger partial charge in [0, 0.05) is 0 Å². The molecule has 0 amide bonds. The van der Waals surface area contributed by atoms with Gasteiger partial charge in [0.15, 0.2) is 0 Å². The van der Waals surface area contributed by atoms with E-state index in [4.69, 9.17) is 0 Å². The average molecular weight is 348 g/mol. The van der Waals surface area contributed by atoms with Crippen molar-refractivity contribution in [3.63, 3.8) is 0 Å². The summed E-state index contributed by atoms with van der Waals surface area (Å²) in [5.41, 5.74) is -0.520. The van der Waals surface area contributed by atoms with Gasteiger partial charge in [0.2, 0.25) is 0 Å². The van der Waals surface area contributed by atoms with Gasteiger partial charge in [-0.25, -0.2) is 22.0 Å². The summed E-state index contributed by atoms with van der Waals surface area (Å²) in [5.74, 6) is -4.87. The lowest BCUT2D eigenvalue weighted by molar-refractivity contribution is 0.563. The van der Waals surface area contributed by atoms with E-state index < -0.39 is 40.2 Å². The molecular formula is C20H13F5. The highest BCUT2D eigenvalue weighted by Crippen LogP contribution is 2.34. The van der Waals surface area contributed by atoms with E-state index in [0.717, 1.165) is 30.3 Å². The van der Waals surface area contributed by atoms with Gasteiger partial charge in [-0.1, -0.05) is 12.1 Å². The second-order valence-electron chi connectivity index (χ2n) is 5.88. The van der Waals surface area contributed by atoms with Gasteiger partial charge in [0.1, 0.15) is 29.1 Å². The maximum absolute atomic E-state index is 14.5. The molecule has 0 atom stereocenters. The van der Waals surface area contributed by atoms with E-state index in [9.17, 15) is 22.0 Å². The zero-order chi connectivity index (χ0) is 18.3. The maximum Gasteiger partial charge on any atom is 0.134 e. The van der Waals surface area contributed by atoms with Crippen molar-refractivity contribution < 1.29 is 22.0 Å². The van der Waals surface area contributed by atoms with Crippen molar-refractivity contribution in [2.75, 3.05) is 0 Å². The number of halogens is 5. The number of hydrogen-bond acceptors (Lipinski definition) is 0. The molecule has 0 unspecified atom stereocenters. The third kappa shape index (κ3) is 3.14. The molecule has 0 saturated carbocycles. The number of aryl methyl sites for hydroxylation is 2. The summed E-state index contributed by atoms with van der Waals surface area (Å²) in [5, 5.41) is 0. The van der Waals surface area contributed by atoms with Gasteiger partial charge in [-0.15, -0.1) is 0 Å². The van der Waals surface area contributed by atoms with Crippen LogP contribution >= 0.6 is 0 Å². The third-order valence-corrected chi connectivity index (χ3v) is 3.98. The molecule has 0 nitrogen and oxygen atoms in total. The van der Waals surface area contributed by atoms with Crippen molar-refractivity contribution in [1.82, 2.24) is 0 Å². The van der Waals surface area contributed by atoms with Crippen molar-refractivity contribution in [2.45, 2.75) is 13.8 Å². The smallest absolute Gasteiger partial charge is 0.134 e. The molecule has 0 N–H and O–H groups in total. The van der Waals surface area contributed by atoms with Crippen molar-refractivity contribution in [2.24, 2.45) is 0 Å². The van der Waals surface area contributed by atoms with Crippen molar-refractivity contribution in [1.29, 1.82) is 0 Å². The fourth-order valence-corrected chi connectivity index (χ4v) is 2.69. The minimum atomic E-state index is -1.13. The van der Waals surface area contributed by atoms with Gasteiger partial charge >= 0.3 is 0 Å². The number of benzene rings is 3. The highest BCUT2D eigenvalue weighted by molar-refractivity contribution is 5.72. The summed E-state index contributed by atoms with van der Waals surface area (Å²) in [6.45, 7) is 3.03. The van der Waals surface area contributed by atoms with E-state index in [2.05, 4.69) is 0 Å².